The number of hydrogen-bond donors (Lipinski definition) is 1. The van der Waals surface area contributed by atoms with Crippen molar-refractivity contribution in [3.05, 3.63) is 70.8 Å². The molecule has 150 valence electrons. The van der Waals surface area contributed by atoms with E-state index in [9.17, 15) is 9.59 Å². The molecule has 1 atom stereocenters. The van der Waals surface area contributed by atoms with Crippen LogP contribution in [0.5, 0.6) is 0 Å². The number of rotatable bonds is 8. The Kier molecular flexibility index (Phi) is 7.80. The van der Waals surface area contributed by atoms with E-state index in [4.69, 9.17) is 0 Å². The van der Waals surface area contributed by atoms with Crippen LogP contribution < -0.4 is 5.32 Å². The van der Waals surface area contributed by atoms with Gasteiger partial charge < -0.3 is 10.2 Å². The molecule has 4 nitrogen and oxygen atoms in total. The predicted molar refractivity (Wildman–Crippen MR) is 114 cm³/mol. The van der Waals surface area contributed by atoms with Gasteiger partial charge in [0.05, 0.1) is 0 Å². The van der Waals surface area contributed by atoms with Crippen LogP contribution in [0.3, 0.4) is 0 Å². The van der Waals surface area contributed by atoms with E-state index in [-0.39, 0.29) is 17.9 Å². The summed E-state index contributed by atoms with van der Waals surface area (Å²) in [6, 6.07) is 15.8. The van der Waals surface area contributed by atoms with Gasteiger partial charge in [-0.3, -0.25) is 9.59 Å². The summed E-state index contributed by atoms with van der Waals surface area (Å²) < 4.78 is 0. The van der Waals surface area contributed by atoms with Gasteiger partial charge in [-0.2, -0.15) is 0 Å². The van der Waals surface area contributed by atoms with E-state index >= 15 is 0 Å². The highest BCUT2D eigenvalue weighted by Crippen LogP contribution is 2.14. The number of hydrogen-bond acceptors (Lipinski definition) is 2. The molecule has 2 rings (SSSR count). The number of carbonyl (C=O) groups is 2. The Bertz CT molecular complexity index is 779. The summed E-state index contributed by atoms with van der Waals surface area (Å²) in [6.45, 7) is 10.2. The first kappa shape index (κ1) is 21.7. The van der Waals surface area contributed by atoms with Gasteiger partial charge in [0.25, 0.3) is 0 Å². The van der Waals surface area contributed by atoms with Gasteiger partial charge in [-0.1, -0.05) is 59.7 Å². The second kappa shape index (κ2) is 10.1. The molecule has 0 saturated carbocycles. The number of amides is 2. The monoisotopic (exact) mass is 380 g/mol. The van der Waals surface area contributed by atoms with Crippen LogP contribution in [0.2, 0.25) is 0 Å². The van der Waals surface area contributed by atoms with Gasteiger partial charge in [-0.15, -0.1) is 0 Å². The van der Waals surface area contributed by atoms with E-state index in [0.717, 1.165) is 11.1 Å². The zero-order chi connectivity index (χ0) is 20.7. The maximum atomic E-state index is 13.0. The number of nitrogens with one attached hydrogen (secondary N) is 1. The van der Waals surface area contributed by atoms with Crippen LogP contribution in [0.25, 0.3) is 0 Å². The third-order valence-electron chi connectivity index (χ3n) is 4.82. The van der Waals surface area contributed by atoms with Crippen LogP contribution in [-0.2, 0) is 22.6 Å². The molecule has 0 saturated heterocycles. The lowest BCUT2D eigenvalue weighted by Gasteiger charge is -2.29. The molecule has 0 aliphatic carbocycles. The minimum Gasteiger partial charge on any atom is -0.352 e. The van der Waals surface area contributed by atoms with Crippen molar-refractivity contribution in [2.75, 3.05) is 0 Å². The first-order chi connectivity index (χ1) is 13.3. The Morgan fingerprint density at radius 3 is 1.86 bits per heavy atom. The highest BCUT2D eigenvalue weighted by Gasteiger charge is 2.26. The Balaban J connectivity index is 2.12. The van der Waals surface area contributed by atoms with E-state index < -0.39 is 6.04 Å². The molecule has 0 unspecified atom stereocenters. The second-order valence-electron chi connectivity index (χ2n) is 7.83. The van der Waals surface area contributed by atoms with Gasteiger partial charge in [0.15, 0.2) is 0 Å². The Morgan fingerprint density at radius 1 is 0.857 bits per heavy atom. The lowest BCUT2D eigenvalue weighted by Crippen LogP contribution is -2.49. The topological polar surface area (TPSA) is 49.4 Å². The van der Waals surface area contributed by atoms with Crippen LogP contribution in [-0.4, -0.2) is 28.8 Å². The molecule has 0 aliphatic heterocycles. The maximum Gasteiger partial charge on any atom is 0.242 e. The molecule has 0 fully saturated rings. The zero-order valence-electron chi connectivity index (χ0n) is 17.7. The van der Waals surface area contributed by atoms with Gasteiger partial charge in [-0.05, 0) is 52.2 Å². The summed E-state index contributed by atoms with van der Waals surface area (Å²) in [5.41, 5.74) is 4.54. The Hall–Kier alpha value is -2.62. The average Bonchev–Trinajstić information content (AvgIpc) is 2.65. The molecule has 2 aromatic carbocycles. The van der Waals surface area contributed by atoms with E-state index in [1.54, 1.807) is 11.8 Å². The second-order valence-corrected chi connectivity index (χ2v) is 7.83. The van der Waals surface area contributed by atoms with Gasteiger partial charge in [0, 0.05) is 19.0 Å². The van der Waals surface area contributed by atoms with Crippen LogP contribution in [0, 0.1) is 13.8 Å². The molecule has 0 radical (unpaired) electrons. The molecule has 1 N–H and O–H groups in total. The third kappa shape index (κ3) is 6.52. The van der Waals surface area contributed by atoms with E-state index in [2.05, 4.69) is 29.6 Å². The summed E-state index contributed by atoms with van der Waals surface area (Å²) >= 11 is 0. The summed E-state index contributed by atoms with van der Waals surface area (Å²) in [5.74, 6) is -0.127. The smallest absolute Gasteiger partial charge is 0.242 e. The molecule has 0 heterocycles. The fraction of sp³-hybridized carbons (Fsp3) is 0.417. The van der Waals surface area contributed by atoms with Gasteiger partial charge in [-0.25, -0.2) is 0 Å². The number of nitrogens with zero attached hydrogens (tertiary/aromatic N) is 1. The third-order valence-corrected chi connectivity index (χ3v) is 4.82. The van der Waals surface area contributed by atoms with Gasteiger partial charge in [0.2, 0.25) is 11.8 Å². The fourth-order valence-electron chi connectivity index (χ4n) is 3.03. The predicted octanol–water partition coefficient (Wildman–Crippen LogP) is 4.18. The van der Waals surface area contributed by atoms with Gasteiger partial charge in [0.1, 0.15) is 6.04 Å². The molecule has 0 spiro atoms. The van der Waals surface area contributed by atoms with Crippen molar-refractivity contribution in [2.45, 2.75) is 66.1 Å². The van der Waals surface area contributed by atoms with Crippen molar-refractivity contribution < 1.29 is 9.59 Å². The fourth-order valence-corrected chi connectivity index (χ4v) is 3.03. The van der Waals surface area contributed by atoms with E-state index in [1.807, 2.05) is 52.0 Å². The first-order valence-electron chi connectivity index (χ1n) is 9.97. The number of aryl methyl sites for hydroxylation is 3. The average molecular weight is 381 g/mol. The quantitative estimate of drug-likeness (QED) is 0.747. The maximum absolute atomic E-state index is 13.0. The van der Waals surface area contributed by atoms with Crippen molar-refractivity contribution in [2.24, 2.45) is 0 Å². The largest absolute Gasteiger partial charge is 0.352 e. The lowest BCUT2D eigenvalue weighted by atomic mass is 10.1. The molecule has 4 heteroatoms. The van der Waals surface area contributed by atoms with Gasteiger partial charge >= 0.3 is 0 Å². The van der Waals surface area contributed by atoms with Crippen molar-refractivity contribution in [1.82, 2.24) is 10.2 Å². The zero-order valence-corrected chi connectivity index (χ0v) is 17.7. The SMILES string of the molecule is Cc1ccc(CCC(=O)N(Cc2ccc(C)cc2)[C@@H](C)C(=O)NC(C)C)cc1. The first-order valence-corrected chi connectivity index (χ1v) is 9.97. The highest BCUT2D eigenvalue weighted by molar-refractivity contribution is 5.87. The van der Waals surface area contributed by atoms with E-state index in [1.165, 1.54) is 11.1 Å². The lowest BCUT2D eigenvalue weighted by molar-refractivity contribution is -0.140. The molecular formula is C24H32N2O2. The molecular weight excluding hydrogens is 348 g/mol. The summed E-state index contributed by atoms with van der Waals surface area (Å²) in [6.07, 6.45) is 1.05. The molecule has 28 heavy (non-hydrogen) atoms. The van der Waals surface area contributed by atoms with Crippen molar-refractivity contribution in [3.8, 4) is 0 Å². The van der Waals surface area contributed by atoms with Crippen LogP contribution in [0.15, 0.2) is 48.5 Å². The minimum atomic E-state index is -0.519. The molecule has 2 aromatic rings. The molecule has 0 aliphatic rings. The van der Waals surface area contributed by atoms with Crippen LogP contribution in [0.4, 0.5) is 0 Å². The highest BCUT2D eigenvalue weighted by atomic mass is 16.2. The Labute approximate surface area is 169 Å². The normalized spacial score (nSPS) is 11.9. The standard InChI is InChI=1S/C24H32N2O2/c1-17(2)25-24(28)20(5)26(16-22-12-8-19(4)9-13-22)23(27)15-14-21-10-6-18(3)7-11-21/h6-13,17,20H,14-16H2,1-5H3,(H,25,28)/t20-/m0/s1. The van der Waals surface area contributed by atoms with Crippen LogP contribution in [0.1, 0.15) is 49.4 Å². The van der Waals surface area contributed by atoms with Crippen molar-refractivity contribution >= 4 is 11.8 Å². The summed E-state index contributed by atoms with van der Waals surface area (Å²) in [4.78, 5) is 27.3. The Morgan fingerprint density at radius 2 is 1.36 bits per heavy atom. The van der Waals surface area contributed by atoms with Crippen molar-refractivity contribution in [1.29, 1.82) is 0 Å². The van der Waals surface area contributed by atoms with E-state index in [0.29, 0.717) is 19.4 Å². The number of benzene rings is 2. The molecule has 0 bridgehead atoms. The van der Waals surface area contributed by atoms with Crippen LogP contribution >= 0.6 is 0 Å². The minimum absolute atomic E-state index is 0.00689. The summed E-state index contributed by atoms with van der Waals surface area (Å²) in [5, 5.41) is 2.92. The van der Waals surface area contributed by atoms with Crippen molar-refractivity contribution in [3.63, 3.8) is 0 Å². The summed E-state index contributed by atoms with van der Waals surface area (Å²) in [7, 11) is 0. The number of carbonyl (C=O) groups excluding carboxylic acids is 2. The molecule has 0 aromatic heterocycles. The molecule has 2 amide bonds.